The Hall–Kier alpha value is -2.97. The second-order valence-electron chi connectivity index (χ2n) is 5.90. The lowest BCUT2D eigenvalue weighted by Crippen LogP contribution is -2.28. The summed E-state index contributed by atoms with van der Waals surface area (Å²) in [5, 5.41) is 8.98. The smallest absolute Gasteiger partial charge is 0.273 e. The molecule has 0 amide bonds. The molecular formula is C19H18N4O. The van der Waals surface area contributed by atoms with E-state index < -0.39 is 0 Å². The number of hydrogen-bond acceptors (Lipinski definition) is 4. The number of nitrogens with zero attached hydrogens (tertiary/aromatic N) is 4. The first-order valence-electron chi connectivity index (χ1n) is 7.70. The van der Waals surface area contributed by atoms with Crippen LogP contribution < -0.4 is 5.56 Å². The number of nitriles is 1. The Morgan fingerprint density at radius 1 is 1.17 bits per heavy atom. The highest BCUT2D eigenvalue weighted by Crippen LogP contribution is 2.11. The fourth-order valence-electron chi connectivity index (χ4n) is 2.80. The molecule has 0 aliphatic heterocycles. The number of benzene rings is 2. The van der Waals surface area contributed by atoms with E-state index in [4.69, 9.17) is 5.26 Å². The van der Waals surface area contributed by atoms with E-state index in [2.05, 4.69) is 11.1 Å². The molecule has 5 heteroatoms. The number of aryl methyl sites for hydroxylation is 1. The van der Waals surface area contributed by atoms with Crippen LogP contribution >= 0.6 is 0 Å². The molecule has 0 bridgehead atoms. The van der Waals surface area contributed by atoms with Crippen molar-refractivity contribution in [3.63, 3.8) is 0 Å². The first-order valence-corrected chi connectivity index (χ1v) is 7.70. The monoisotopic (exact) mass is 318 g/mol. The Bertz CT molecular complexity index is 985. The largest absolute Gasteiger partial charge is 0.308 e. The van der Waals surface area contributed by atoms with Gasteiger partial charge in [0.1, 0.15) is 5.69 Å². The molecule has 0 aliphatic rings. The molecule has 5 nitrogen and oxygen atoms in total. The minimum absolute atomic E-state index is 0.0775. The lowest BCUT2D eigenvalue weighted by atomic mass is 10.1. The zero-order chi connectivity index (χ0) is 17.1. The zero-order valence-electron chi connectivity index (χ0n) is 13.7. The predicted octanol–water partition coefficient (Wildman–Crippen LogP) is 2.44. The molecule has 0 spiro atoms. The van der Waals surface area contributed by atoms with Crippen molar-refractivity contribution < 1.29 is 0 Å². The Labute approximate surface area is 140 Å². The van der Waals surface area contributed by atoms with Gasteiger partial charge in [0.2, 0.25) is 0 Å². The highest BCUT2D eigenvalue weighted by atomic mass is 16.1. The normalized spacial score (nSPS) is 10.9. The van der Waals surface area contributed by atoms with Crippen molar-refractivity contribution in [1.29, 1.82) is 5.26 Å². The topological polar surface area (TPSA) is 61.9 Å². The van der Waals surface area contributed by atoms with E-state index in [-0.39, 0.29) is 5.56 Å². The lowest BCUT2D eigenvalue weighted by molar-refractivity contribution is 0.313. The van der Waals surface area contributed by atoms with Gasteiger partial charge in [-0.2, -0.15) is 5.26 Å². The summed E-state index contributed by atoms with van der Waals surface area (Å²) >= 11 is 0. The molecule has 0 aliphatic carbocycles. The van der Waals surface area contributed by atoms with E-state index in [0.29, 0.717) is 24.3 Å². The maximum Gasteiger partial charge on any atom is 0.273 e. The summed E-state index contributed by atoms with van der Waals surface area (Å²) in [5.74, 6) is 0. The fraction of sp³-hybridized carbons (Fsp3) is 0.211. The second-order valence-corrected chi connectivity index (χ2v) is 5.90. The summed E-state index contributed by atoms with van der Waals surface area (Å²) in [6.07, 6.45) is 0. The molecule has 3 rings (SSSR count). The van der Waals surface area contributed by atoms with Crippen LogP contribution in [0.3, 0.4) is 0 Å². The van der Waals surface area contributed by atoms with Gasteiger partial charge in [-0.05, 0) is 36.9 Å². The molecule has 0 saturated carbocycles. The van der Waals surface area contributed by atoms with Gasteiger partial charge in [-0.3, -0.25) is 9.69 Å². The van der Waals surface area contributed by atoms with Crippen LogP contribution in [0.25, 0.3) is 11.0 Å². The third-order valence-corrected chi connectivity index (χ3v) is 3.98. The molecule has 120 valence electrons. The van der Waals surface area contributed by atoms with Gasteiger partial charge in [0.15, 0.2) is 0 Å². The van der Waals surface area contributed by atoms with Crippen LogP contribution in [0.1, 0.15) is 16.8 Å². The van der Waals surface area contributed by atoms with Crippen molar-refractivity contribution >= 4 is 11.0 Å². The van der Waals surface area contributed by atoms with Gasteiger partial charge >= 0.3 is 0 Å². The molecule has 0 saturated heterocycles. The zero-order valence-corrected chi connectivity index (χ0v) is 13.7. The van der Waals surface area contributed by atoms with Crippen LogP contribution in [0, 0.1) is 11.3 Å². The van der Waals surface area contributed by atoms with Gasteiger partial charge in [0.05, 0.1) is 22.7 Å². The third kappa shape index (κ3) is 3.19. The third-order valence-electron chi connectivity index (χ3n) is 3.98. The molecule has 24 heavy (non-hydrogen) atoms. The standard InChI is InChI=1S/C19H18N4O/c1-22(12-15-7-5-6-14(10-15)11-20)13-17-19(24)23(2)18-9-4-3-8-16(18)21-17/h3-10H,12-13H2,1-2H3. The van der Waals surface area contributed by atoms with Crippen LogP contribution in [-0.2, 0) is 20.1 Å². The first-order chi connectivity index (χ1) is 11.6. The van der Waals surface area contributed by atoms with Crippen LogP contribution in [-0.4, -0.2) is 21.5 Å². The van der Waals surface area contributed by atoms with E-state index in [1.54, 1.807) is 17.7 Å². The molecule has 0 atom stereocenters. The van der Waals surface area contributed by atoms with E-state index in [1.165, 1.54) is 0 Å². The van der Waals surface area contributed by atoms with Crippen molar-refractivity contribution in [1.82, 2.24) is 14.5 Å². The molecule has 2 aromatic carbocycles. The molecule has 0 fully saturated rings. The Morgan fingerprint density at radius 2 is 1.96 bits per heavy atom. The molecule has 3 aromatic rings. The highest BCUT2D eigenvalue weighted by molar-refractivity contribution is 5.74. The molecule has 1 aromatic heterocycles. The Balaban J connectivity index is 1.85. The SMILES string of the molecule is CN(Cc1cccc(C#N)c1)Cc1nc2ccccc2n(C)c1=O. The number of rotatable bonds is 4. The lowest BCUT2D eigenvalue weighted by Gasteiger charge is -2.17. The minimum atomic E-state index is -0.0775. The van der Waals surface area contributed by atoms with Crippen LogP contribution in [0.2, 0.25) is 0 Å². The Kier molecular flexibility index (Phi) is 4.41. The number of fused-ring (bicyclic) bond motifs is 1. The second kappa shape index (κ2) is 6.65. The fourth-order valence-corrected chi connectivity index (χ4v) is 2.80. The molecule has 1 heterocycles. The van der Waals surface area contributed by atoms with E-state index in [0.717, 1.165) is 16.6 Å². The first kappa shape index (κ1) is 15.9. The number of hydrogen-bond donors (Lipinski definition) is 0. The molecule has 0 radical (unpaired) electrons. The van der Waals surface area contributed by atoms with Crippen molar-refractivity contribution in [3.05, 3.63) is 75.7 Å². The molecule has 0 N–H and O–H groups in total. The van der Waals surface area contributed by atoms with Crippen molar-refractivity contribution in [2.45, 2.75) is 13.1 Å². The summed E-state index contributed by atoms with van der Waals surface area (Å²) in [5.41, 5.74) is 3.77. The van der Waals surface area contributed by atoms with Gasteiger partial charge in [0.25, 0.3) is 5.56 Å². The van der Waals surface area contributed by atoms with Gasteiger partial charge in [0, 0.05) is 20.1 Å². The van der Waals surface area contributed by atoms with Gasteiger partial charge in [-0.25, -0.2) is 4.98 Å². The quantitative estimate of drug-likeness (QED) is 0.741. The molecular weight excluding hydrogens is 300 g/mol. The maximum absolute atomic E-state index is 12.5. The van der Waals surface area contributed by atoms with Crippen LogP contribution in [0.5, 0.6) is 0 Å². The van der Waals surface area contributed by atoms with Gasteiger partial charge in [-0.15, -0.1) is 0 Å². The average molecular weight is 318 g/mol. The van der Waals surface area contributed by atoms with Gasteiger partial charge < -0.3 is 4.57 Å². The summed E-state index contributed by atoms with van der Waals surface area (Å²) in [6.45, 7) is 1.10. The predicted molar refractivity (Wildman–Crippen MR) is 93.3 cm³/mol. The average Bonchev–Trinajstić information content (AvgIpc) is 2.59. The van der Waals surface area contributed by atoms with Gasteiger partial charge in [-0.1, -0.05) is 24.3 Å². The number of para-hydroxylation sites is 2. The summed E-state index contributed by atoms with van der Waals surface area (Å²) in [4.78, 5) is 19.0. The van der Waals surface area contributed by atoms with E-state index >= 15 is 0 Å². The van der Waals surface area contributed by atoms with Crippen molar-refractivity contribution in [2.75, 3.05) is 7.05 Å². The summed E-state index contributed by atoms with van der Waals surface area (Å²) < 4.78 is 1.64. The van der Waals surface area contributed by atoms with Crippen LogP contribution in [0.4, 0.5) is 0 Å². The summed E-state index contributed by atoms with van der Waals surface area (Å²) in [6, 6.07) is 17.3. The summed E-state index contributed by atoms with van der Waals surface area (Å²) in [7, 11) is 3.71. The number of aromatic nitrogens is 2. The highest BCUT2D eigenvalue weighted by Gasteiger charge is 2.11. The van der Waals surface area contributed by atoms with Crippen molar-refractivity contribution in [2.24, 2.45) is 7.05 Å². The maximum atomic E-state index is 12.5. The Morgan fingerprint density at radius 3 is 2.75 bits per heavy atom. The van der Waals surface area contributed by atoms with Crippen molar-refractivity contribution in [3.8, 4) is 6.07 Å². The minimum Gasteiger partial charge on any atom is -0.308 e. The van der Waals surface area contributed by atoms with E-state index in [9.17, 15) is 4.79 Å². The van der Waals surface area contributed by atoms with E-state index in [1.807, 2.05) is 54.4 Å². The van der Waals surface area contributed by atoms with Crippen LogP contribution in [0.15, 0.2) is 53.3 Å². The molecule has 0 unspecified atom stereocenters.